The molecule has 1 aromatic heterocycles. The molecule has 5 nitrogen and oxygen atoms in total. The van der Waals surface area contributed by atoms with Gasteiger partial charge in [0, 0.05) is 28.9 Å². The van der Waals surface area contributed by atoms with Gasteiger partial charge in [-0.1, -0.05) is 17.7 Å². The fourth-order valence-corrected chi connectivity index (χ4v) is 3.64. The molecule has 5 rings (SSSR count). The van der Waals surface area contributed by atoms with E-state index in [1.165, 1.54) is 0 Å². The average Bonchev–Trinajstić information content (AvgIpc) is 3.14. The summed E-state index contributed by atoms with van der Waals surface area (Å²) in [6.45, 7) is 2.08. The number of pyridine rings is 1. The van der Waals surface area contributed by atoms with Crippen LogP contribution in [0.2, 0.25) is 0 Å². The van der Waals surface area contributed by atoms with E-state index in [9.17, 15) is 9.59 Å². The maximum absolute atomic E-state index is 13.0. The monoisotopic (exact) mass is 319 g/mol. The summed E-state index contributed by atoms with van der Waals surface area (Å²) in [4.78, 5) is 25.8. The van der Waals surface area contributed by atoms with E-state index < -0.39 is 0 Å². The average molecular weight is 319 g/mol. The zero-order valence-electron chi connectivity index (χ0n) is 13.2. The summed E-state index contributed by atoms with van der Waals surface area (Å²) in [6, 6.07) is 9.12. The Labute approximate surface area is 137 Å². The van der Waals surface area contributed by atoms with Gasteiger partial charge in [-0.15, -0.1) is 0 Å². The summed E-state index contributed by atoms with van der Waals surface area (Å²) in [7, 11) is 1.70. The lowest BCUT2D eigenvalue weighted by Crippen LogP contribution is -2.20. The topological polar surface area (TPSA) is 57.5 Å². The number of carbonyl (C=O) groups is 1. The lowest BCUT2D eigenvalue weighted by Gasteiger charge is -2.11. The molecule has 3 aromatic rings. The number of rotatable bonds is 0. The molecular formula is C19H13NO4. The Morgan fingerprint density at radius 2 is 1.67 bits per heavy atom. The van der Waals surface area contributed by atoms with Crippen LogP contribution in [0.1, 0.15) is 21.5 Å². The van der Waals surface area contributed by atoms with Crippen molar-refractivity contribution in [3.05, 3.63) is 57.4 Å². The molecule has 0 saturated heterocycles. The van der Waals surface area contributed by atoms with E-state index in [2.05, 4.69) is 0 Å². The molecule has 118 valence electrons. The second-order valence-corrected chi connectivity index (χ2v) is 6.22. The highest BCUT2D eigenvalue weighted by atomic mass is 16.7. The van der Waals surface area contributed by atoms with Crippen molar-refractivity contribution >= 4 is 16.6 Å². The highest BCUT2D eigenvalue weighted by Crippen LogP contribution is 2.45. The van der Waals surface area contributed by atoms with Crippen LogP contribution in [0.3, 0.4) is 0 Å². The summed E-state index contributed by atoms with van der Waals surface area (Å²) >= 11 is 0. The van der Waals surface area contributed by atoms with Gasteiger partial charge >= 0.3 is 0 Å². The van der Waals surface area contributed by atoms with Crippen molar-refractivity contribution < 1.29 is 14.3 Å². The minimum Gasteiger partial charge on any atom is -0.454 e. The van der Waals surface area contributed by atoms with Crippen molar-refractivity contribution in [2.75, 3.05) is 6.79 Å². The molecule has 0 N–H and O–H groups in total. The van der Waals surface area contributed by atoms with Crippen molar-refractivity contribution in [3.63, 3.8) is 0 Å². The number of fused-ring (bicyclic) bond motifs is 6. The van der Waals surface area contributed by atoms with Crippen LogP contribution in [0.5, 0.6) is 11.5 Å². The molecule has 0 amide bonds. The van der Waals surface area contributed by atoms with Gasteiger partial charge < -0.3 is 14.0 Å². The molecule has 0 atom stereocenters. The van der Waals surface area contributed by atoms with Gasteiger partial charge in [0.15, 0.2) is 17.3 Å². The summed E-state index contributed by atoms with van der Waals surface area (Å²) in [5.74, 6) is 1.09. The maximum atomic E-state index is 13.0. The maximum Gasteiger partial charge on any atom is 0.258 e. The smallest absolute Gasteiger partial charge is 0.258 e. The molecule has 1 aliphatic carbocycles. The lowest BCUT2D eigenvalue weighted by atomic mass is 10.0. The van der Waals surface area contributed by atoms with Crippen LogP contribution in [0.4, 0.5) is 0 Å². The quantitative estimate of drug-likeness (QED) is 0.500. The fourth-order valence-electron chi connectivity index (χ4n) is 3.64. The van der Waals surface area contributed by atoms with Crippen molar-refractivity contribution in [2.45, 2.75) is 6.92 Å². The molecule has 2 aromatic carbocycles. The molecule has 0 spiro atoms. The number of carbonyl (C=O) groups excluding carboxylic acids is 1. The Kier molecular flexibility index (Phi) is 2.37. The number of hydrogen-bond donors (Lipinski definition) is 0. The van der Waals surface area contributed by atoms with Crippen LogP contribution in [0.25, 0.3) is 22.0 Å². The Hall–Kier alpha value is -3.08. The molecule has 0 radical (unpaired) electrons. The first-order chi connectivity index (χ1) is 11.6. The summed E-state index contributed by atoms with van der Waals surface area (Å²) < 4.78 is 12.4. The van der Waals surface area contributed by atoms with Gasteiger partial charge in [-0.25, -0.2) is 0 Å². The largest absolute Gasteiger partial charge is 0.454 e. The molecule has 24 heavy (non-hydrogen) atoms. The first-order valence-corrected chi connectivity index (χ1v) is 7.68. The van der Waals surface area contributed by atoms with Crippen LogP contribution in [-0.2, 0) is 7.05 Å². The minimum absolute atomic E-state index is 0.0808. The van der Waals surface area contributed by atoms with Crippen LogP contribution in [0.15, 0.2) is 35.1 Å². The number of nitrogens with zero attached hydrogens (tertiary/aromatic N) is 1. The molecule has 0 unspecified atom stereocenters. The Morgan fingerprint density at radius 1 is 0.958 bits per heavy atom. The van der Waals surface area contributed by atoms with E-state index in [1.54, 1.807) is 23.7 Å². The fraction of sp³-hybridized carbons (Fsp3) is 0.158. The molecule has 1 aliphatic heterocycles. The summed E-state index contributed by atoms with van der Waals surface area (Å²) in [5.41, 5.74) is 3.38. The molecule has 5 heteroatoms. The Bertz CT molecular complexity index is 1140. The molecule has 0 saturated carbocycles. The third kappa shape index (κ3) is 1.49. The standard InChI is InChI=1S/C19H13NO4/c1-9-3-4-10-13(5-9)19(22)20(2)17-11-6-14-15(24-8-23-14)7-12(11)18(21)16(10)17/h3-7H,8H2,1-2H3. The molecule has 0 fully saturated rings. The number of hydrogen-bond acceptors (Lipinski definition) is 4. The van der Waals surface area contributed by atoms with Crippen molar-refractivity contribution in [3.8, 4) is 22.8 Å². The molecule has 2 aliphatic rings. The second-order valence-electron chi connectivity index (χ2n) is 6.22. The van der Waals surface area contributed by atoms with Gasteiger partial charge in [-0.3, -0.25) is 9.59 Å². The van der Waals surface area contributed by atoms with Crippen LogP contribution in [-0.4, -0.2) is 17.1 Å². The zero-order valence-corrected chi connectivity index (χ0v) is 13.2. The summed E-state index contributed by atoms with van der Waals surface area (Å²) in [6.07, 6.45) is 0. The zero-order chi connectivity index (χ0) is 16.6. The van der Waals surface area contributed by atoms with Crippen molar-refractivity contribution in [1.82, 2.24) is 4.57 Å². The predicted molar refractivity (Wildman–Crippen MR) is 88.9 cm³/mol. The van der Waals surface area contributed by atoms with Crippen LogP contribution in [0, 0.1) is 6.92 Å². The highest BCUT2D eigenvalue weighted by Gasteiger charge is 2.34. The first kappa shape index (κ1) is 13.4. The second kappa shape index (κ2) is 4.26. The Morgan fingerprint density at radius 3 is 2.42 bits per heavy atom. The van der Waals surface area contributed by atoms with Gasteiger partial charge in [0.2, 0.25) is 6.79 Å². The molecule has 2 heterocycles. The minimum atomic E-state index is -0.106. The van der Waals surface area contributed by atoms with Crippen molar-refractivity contribution in [2.24, 2.45) is 7.05 Å². The van der Waals surface area contributed by atoms with Crippen LogP contribution < -0.4 is 15.0 Å². The van der Waals surface area contributed by atoms with E-state index in [0.29, 0.717) is 39.1 Å². The predicted octanol–water partition coefficient (Wildman–Crippen LogP) is 2.79. The van der Waals surface area contributed by atoms with Crippen LogP contribution >= 0.6 is 0 Å². The third-order valence-corrected chi connectivity index (χ3v) is 4.79. The van der Waals surface area contributed by atoms with E-state index in [4.69, 9.17) is 9.47 Å². The van der Waals surface area contributed by atoms with Gasteiger partial charge in [0.25, 0.3) is 5.56 Å². The summed E-state index contributed by atoms with van der Waals surface area (Å²) in [5, 5.41) is 1.26. The van der Waals surface area contributed by atoms with E-state index in [0.717, 1.165) is 11.1 Å². The Balaban J connectivity index is 1.95. The van der Waals surface area contributed by atoms with Gasteiger partial charge in [0.1, 0.15) is 0 Å². The lowest BCUT2D eigenvalue weighted by molar-refractivity contribution is 0.104. The van der Waals surface area contributed by atoms with Gasteiger partial charge in [-0.2, -0.15) is 0 Å². The highest BCUT2D eigenvalue weighted by molar-refractivity contribution is 6.27. The van der Waals surface area contributed by atoms with Gasteiger partial charge in [-0.05, 0) is 25.1 Å². The van der Waals surface area contributed by atoms with E-state index >= 15 is 0 Å². The number of aromatic nitrogens is 1. The molecular weight excluding hydrogens is 306 g/mol. The number of ether oxygens (including phenoxy) is 2. The number of benzene rings is 2. The normalized spacial score (nSPS) is 14.2. The SMILES string of the molecule is Cc1ccc2c3c(n(C)c(=O)c2c1)-c1cc2c(cc1C3=O)OCO2. The number of aryl methyl sites for hydroxylation is 1. The first-order valence-electron chi connectivity index (χ1n) is 7.68. The van der Waals surface area contributed by atoms with E-state index in [-0.39, 0.29) is 18.1 Å². The number of ketones is 1. The molecule has 0 bridgehead atoms. The van der Waals surface area contributed by atoms with E-state index in [1.807, 2.05) is 25.1 Å². The third-order valence-electron chi connectivity index (χ3n) is 4.79. The van der Waals surface area contributed by atoms with Crippen molar-refractivity contribution in [1.29, 1.82) is 0 Å². The van der Waals surface area contributed by atoms with Gasteiger partial charge in [0.05, 0.1) is 11.3 Å².